The van der Waals surface area contributed by atoms with Crippen LogP contribution in [0.5, 0.6) is 0 Å². The molecule has 0 aromatic carbocycles. The molecule has 84 valence electrons. The highest BCUT2D eigenvalue weighted by Gasteiger charge is 2.17. The average molecular weight is 224 g/mol. The lowest BCUT2D eigenvalue weighted by Gasteiger charge is -2.24. The molecular formula is C12H20N2S. The summed E-state index contributed by atoms with van der Waals surface area (Å²) in [6.45, 7) is 0. The molecule has 1 aromatic rings. The zero-order chi connectivity index (χ0) is 10.5. The third-order valence-electron chi connectivity index (χ3n) is 3.32. The second-order valence-electron chi connectivity index (χ2n) is 4.68. The van der Waals surface area contributed by atoms with E-state index in [-0.39, 0.29) is 0 Å². The van der Waals surface area contributed by atoms with Gasteiger partial charge in [-0.2, -0.15) is 0 Å². The second kappa shape index (κ2) is 5.61. The molecule has 0 amide bonds. The number of nitrogens with two attached hydrogens (primary N) is 1. The molecule has 15 heavy (non-hydrogen) atoms. The van der Waals surface area contributed by atoms with Gasteiger partial charge < -0.3 is 5.73 Å². The molecule has 1 aliphatic rings. The number of rotatable bonds is 4. The quantitative estimate of drug-likeness (QED) is 0.854. The van der Waals surface area contributed by atoms with E-state index in [2.05, 4.69) is 10.4 Å². The Bertz CT molecular complexity index is 265. The van der Waals surface area contributed by atoms with Crippen LogP contribution in [0, 0.1) is 5.92 Å². The van der Waals surface area contributed by atoms with Crippen LogP contribution in [0.3, 0.4) is 0 Å². The van der Waals surface area contributed by atoms with Crippen molar-refractivity contribution in [2.75, 3.05) is 0 Å². The van der Waals surface area contributed by atoms with Crippen LogP contribution in [0.25, 0.3) is 0 Å². The summed E-state index contributed by atoms with van der Waals surface area (Å²) in [5, 5.41) is 2.11. The van der Waals surface area contributed by atoms with E-state index in [1.807, 2.05) is 5.51 Å². The van der Waals surface area contributed by atoms with Crippen molar-refractivity contribution in [1.29, 1.82) is 0 Å². The highest BCUT2D eigenvalue weighted by molar-refractivity contribution is 7.07. The van der Waals surface area contributed by atoms with Gasteiger partial charge in [0.25, 0.3) is 0 Å². The van der Waals surface area contributed by atoms with Crippen LogP contribution < -0.4 is 5.73 Å². The van der Waals surface area contributed by atoms with E-state index in [1.165, 1.54) is 44.2 Å². The van der Waals surface area contributed by atoms with Gasteiger partial charge in [0.05, 0.1) is 11.2 Å². The third kappa shape index (κ3) is 3.58. The number of aromatic nitrogens is 1. The molecule has 1 aromatic heterocycles. The van der Waals surface area contributed by atoms with Crippen LogP contribution in [0.1, 0.15) is 44.2 Å². The van der Waals surface area contributed by atoms with Crippen LogP contribution in [-0.2, 0) is 6.42 Å². The molecule has 1 atom stereocenters. The van der Waals surface area contributed by atoms with Crippen molar-refractivity contribution in [3.05, 3.63) is 16.6 Å². The lowest BCUT2D eigenvalue weighted by molar-refractivity contribution is 0.316. The summed E-state index contributed by atoms with van der Waals surface area (Å²) in [7, 11) is 0. The Morgan fingerprint density at radius 1 is 1.40 bits per heavy atom. The molecule has 1 heterocycles. The Hall–Kier alpha value is -0.410. The maximum atomic E-state index is 6.16. The van der Waals surface area contributed by atoms with Gasteiger partial charge in [-0.1, -0.05) is 32.1 Å². The van der Waals surface area contributed by atoms with E-state index < -0.39 is 0 Å². The summed E-state index contributed by atoms with van der Waals surface area (Å²) in [6.07, 6.45) is 9.19. The molecule has 0 saturated heterocycles. The van der Waals surface area contributed by atoms with Gasteiger partial charge >= 0.3 is 0 Å². The van der Waals surface area contributed by atoms with Gasteiger partial charge in [-0.25, -0.2) is 4.98 Å². The van der Waals surface area contributed by atoms with Gasteiger partial charge in [-0.05, 0) is 12.3 Å². The second-order valence-corrected chi connectivity index (χ2v) is 5.40. The monoisotopic (exact) mass is 224 g/mol. The lowest BCUT2D eigenvalue weighted by atomic mass is 9.84. The SMILES string of the molecule is NC(Cc1cscn1)CC1CCCCC1. The van der Waals surface area contributed by atoms with Gasteiger partial charge in [0, 0.05) is 17.8 Å². The molecular weight excluding hydrogens is 204 g/mol. The summed E-state index contributed by atoms with van der Waals surface area (Å²) in [5.41, 5.74) is 9.22. The maximum absolute atomic E-state index is 6.16. The maximum Gasteiger partial charge on any atom is 0.0794 e. The minimum atomic E-state index is 0.315. The minimum Gasteiger partial charge on any atom is -0.327 e. The van der Waals surface area contributed by atoms with Crippen molar-refractivity contribution >= 4 is 11.3 Å². The van der Waals surface area contributed by atoms with Gasteiger partial charge in [0.2, 0.25) is 0 Å². The van der Waals surface area contributed by atoms with Crippen LogP contribution in [0.4, 0.5) is 0 Å². The van der Waals surface area contributed by atoms with Crippen LogP contribution >= 0.6 is 11.3 Å². The van der Waals surface area contributed by atoms with Crippen molar-refractivity contribution in [2.24, 2.45) is 11.7 Å². The first-order valence-electron chi connectivity index (χ1n) is 5.97. The van der Waals surface area contributed by atoms with Gasteiger partial charge in [0.15, 0.2) is 0 Å². The number of nitrogens with zero attached hydrogens (tertiary/aromatic N) is 1. The van der Waals surface area contributed by atoms with E-state index in [9.17, 15) is 0 Å². The van der Waals surface area contributed by atoms with E-state index in [0.717, 1.165) is 12.3 Å². The van der Waals surface area contributed by atoms with E-state index >= 15 is 0 Å². The topological polar surface area (TPSA) is 38.9 Å². The van der Waals surface area contributed by atoms with Crippen LogP contribution in [0.2, 0.25) is 0 Å². The first-order chi connectivity index (χ1) is 7.34. The normalized spacial score (nSPS) is 20.3. The summed E-state index contributed by atoms with van der Waals surface area (Å²) in [5.74, 6) is 0.882. The molecule has 3 heteroatoms. The van der Waals surface area contributed by atoms with Gasteiger partial charge in [0.1, 0.15) is 0 Å². The Balaban J connectivity index is 1.74. The number of thiazole rings is 1. The molecule has 1 fully saturated rings. The lowest BCUT2D eigenvalue weighted by Crippen LogP contribution is -2.27. The Kier molecular flexibility index (Phi) is 4.15. The zero-order valence-corrected chi connectivity index (χ0v) is 10.0. The molecule has 2 nitrogen and oxygen atoms in total. The fourth-order valence-corrected chi connectivity index (χ4v) is 3.11. The Morgan fingerprint density at radius 2 is 2.20 bits per heavy atom. The number of hydrogen-bond donors (Lipinski definition) is 1. The summed E-state index contributed by atoms with van der Waals surface area (Å²) >= 11 is 1.66. The summed E-state index contributed by atoms with van der Waals surface area (Å²) in [6, 6.07) is 0.315. The zero-order valence-electron chi connectivity index (χ0n) is 9.19. The van der Waals surface area contributed by atoms with Crippen molar-refractivity contribution < 1.29 is 0 Å². The fourth-order valence-electron chi connectivity index (χ4n) is 2.54. The molecule has 1 aliphatic carbocycles. The first kappa shape index (κ1) is 11.1. The molecule has 0 aliphatic heterocycles. The molecule has 1 saturated carbocycles. The number of hydrogen-bond acceptors (Lipinski definition) is 3. The fraction of sp³-hybridized carbons (Fsp3) is 0.750. The highest BCUT2D eigenvalue weighted by Crippen LogP contribution is 2.27. The minimum absolute atomic E-state index is 0.315. The van der Waals surface area contributed by atoms with E-state index in [1.54, 1.807) is 11.3 Å². The molecule has 1 unspecified atom stereocenters. The van der Waals surface area contributed by atoms with Crippen molar-refractivity contribution in [3.8, 4) is 0 Å². The largest absolute Gasteiger partial charge is 0.327 e. The van der Waals surface area contributed by atoms with Gasteiger partial charge in [-0.3, -0.25) is 0 Å². The summed E-state index contributed by atoms with van der Waals surface area (Å²) < 4.78 is 0. The molecule has 0 radical (unpaired) electrons. The predicted octanol–water partition coefficient (Wildman–Crippen LogP) is 2.98. The molecule has 2 N–H and O–H groups in total. The van der Waals surface area contributed by atoms with Gasteiger partial charge in [-0.15, -0.1) is 11.3 Å². The van der Waals surface area contributed by atoms with Crippen LogP contribution in [0.15, 0.2) is 10.9 Å². The van der Waals surface area contributed by atoms with E-state index in [0.29, 0.717) is 6.04 Å². The van der Waals surface area contributed by atoms with E-state index in [4.69, 9.17) is 5.73 Å². The molecule has 2 rings (SSSR count). The highest BCUT2D eigenvalue weighted by atomic mass is 32.1. The van der Waals surface area contributed by atoms with Crippen molar-refractivity contribution in [1.82, 2.24) is 4.98 Å². The third-order valence-corrected chi connectivity index (χ3v) is 3.95. The standard InChI is InChI=1S/C12H20N2S/c13-11(7-12-8-15-9-14-12)6-10-4-2-1-3-5-10/h8-11H,1-7,13H2. The van der Waals surface area contributed by atoms with Crippen molar-refractivity contribution in [2.45, 2.75) is 51.0 Å². The average Bonchev–Trinajstić information content (AvgIpc) is 2.71. The molecule has 0 bridgehead atoms. The first-order valence-corrected chi connectivity index (χ1v) is 6.91. The smallest absolute Gasteiger partial charge is 0.0794 e. The Labute approximate surface area is 95.9 Å². The van der Waals surface area contributed by atoms with Crippen molar-refractivity contribution in [3.63, 3.8) is 0 Å². The van der Waals surface area contributed by atoms with Crippen LogP contribution in [-0.4, -0.2) is 11.0 Å². The molecule has 0 spiro atoms. The predicted molar refractivity (Wildman–Crippen MR) is 65.0 cm³/mol. The summed E-state index contributed by atoms with van der Waals surface area (Å²) in [4.78, 5) is 4.29. The Morgan fingerprint density at radius 3 is 2.87 bits per heavy atom.